The quantitative estimate of drug-likeness (QED) is 0.147. The molecule has 3 nitrogen and oxygen atoms in total. The molecule has 71 heavy (non-hydrogen) atoms. The molecule has 1 fully saturated rings. The molecule has 10 aromatic rings. The number of aryl methyl sites for hydroxylation is 2. The molecule has 3 aliphatic heterocycles. The van der Waals surface area contributed by atoms with Crippen molar-refractivity contribution in [1.29, 1.82) is 0 Å². The van der Waals surface area contributed by atoms with Gasteiger partial charge in [-0.1, -0.05) is 224 Å². The van der Waals surface area contributed by atoms with Crippen molar-refractivity contribution in [2.45, 2.75) is 38.8 Å². The van der Waals surface area contributed by atoms with Crippen LogP contribution in [0.15, 0.2) is 274 Å². The summed E-state index contributed by atoms with van der Waals surface area (Å²) in [6.07, 6.45) is 0. The summed E-state index contributed by atoms with van der Waals surface area (Å²) >= 11 is 3.51. The number of nitrogens with zero attached hydrogens (tertiary/aromatic N) is 3. The Bertz CT molecular complexity index is 3530. The lowest BCUT2D eigenvalue weighted by Gasteiger charge is -2.57. The van der Waals surface area contributed by atoms with Gasteiger partial charge in [0.05, 0.1) is 5.41 Å². The summed E-state index contributed by atoms with van der Waals surface area (Å²) in [5.41, 5.74) is 13.4. The molecule has 1 saturated heterocycles. The van der Waals surface area contributed by atoms with Crippen LogP contribution in [0.25, 0.3) is 11.1 Å². The molecule has 3 heterocycles. The van der Waals surface area contributed by atoms with E-state index in [4.69, 9.17) is 0 Å². The second kappa shape index (κ2) is 18.0. The SMILES string of the molecule is [2H]C([2H])([2H])c1ccc2c(c1-c1cc(N3B(c4ccccc4)N(c4ccccc4)B(c4ccccc4)N(c4ccccc4)B3c3ccccc3)ccc1C)Sc1ccccc1C21c2ccccc2Sc2ccccc21. The Labute approximate surface area is 431 Å². The molecular formula is C63H48B3N3S2. The highest BCUT2D eigenvalue weighted by Gasteiger charge is 2.56. The average Bonchev–Trinajstić information content (AvgIpc) is 3.48. The van der Waals surface area contributed by atoms with Crippen LogP contribution >= 0.6 is 23.5 Å². The topological polar surface area (TPSA) is 9.72 Å². The highest BCUT2D eigenvalue weighted by molar-refractivity contribution is 8.00. The minimum atomic E-state index is -2.43. The van der Waals surface area contributed by atoms with Crippen molar-refractivity contribution in [2.75, 3.05) is 14.2 Å². The van der Waals surface area contributed by atoms with Crippen LogP contribution in [0.3, 0.4) is 0 Å². The molecule has 8 heteroatoms. The van der Waals surface area contributed by atoms with Crippen molar-refractivity contribution in [2.24, 2.45) is 0 Å². The Morgan fingerprint density at radius 2 is 0.746 bits per heavy atom. The average molecular weight is 947 g/mol. The molecule has 0 aliphatic carbocycles. The van der Waals surface area contributed by atoms with Crippen LogP contribution in [0.5, 0.6) is 0 Å². The van der Waals surface area contributed by atoms with Gasteiger partial charge in [0.1, 0.15) is 0 Å². The maximum Gasteiger partial charge on any atom is 0.388 e. The largest absolute Gasteiger partial charge is 0.416 e. The molecule has 0 saturated carbocycles. The zero-order valence-corrected chi connectivity index (χ0v) is 40.8. The second-order valence-corrected chi connectivity index (χ2v) is 20.7. The predicted octanol–water partition coefficient (Wildman–Crippen LogP) is 13.3. The van der Waals surface area contributed by atoms with E-state index in [0.717, 1.165) is 65.5 Å². The zero-order valence-electron chi connectivity index (χ0n) is 42.1. The summed E-state index contributed by atoms with van der Waals surface area (Å²) in [6, 6.07) is 91.3. The zero-order chi connectivity index (χ0) is 50.0. The van der Waals surface area contributed by atoms with Gasteiger partial charge in [-0.05, 0) is 129 Å². The molecule has 10 aromatic carbocycles. The van der Waals surface area contributed by atoms with Gasteiger partial charge >= 0.3 is 20.9 Å². The molecule has 336 valence electrons. The van der Waals surface area contributed by atoms with Crippen molar-refractivity contribution in [1.82, 2.24) is 0 Å². The molecule has 0 radical (unpaired) electrons. The van der Waals surface area contributed by atoms with Gasteiger partial charge < -0.3 is 14.2 Å². The van der Waals surface area contributed by atoms with Gasteiger partial charge in [-0.3, -0.25) is 0 Å². The number of rotatable bonds is 7. The van der Waals surface area contributed by atoms with Gasteiger partial charge in [0.15, 0.2) is 0 Å². The maximum atomic E-state index is 9.35. The monoisotopic (exact) mass is 946 g/mol. The lowest BCUT2D eigenvalue weighted by molar-refractivity contribution is 0.667. The summed E-state index contributed by atoms with van der Waals surface area (Å²) in [6.45, 7) is -1.31. The highest BCUT2D eigenvalue weighted by atomic mass is 32.2. The van der Waals surface area contributed by atoms with E-state index in [1.807, 2.05) is 17.8 Å². The van der Waals surface area contributed by atoms with Gasteiger partial charge in [-0.2, -0.15) is 0 Å². The van der Waals surface area contributed by atoms with Crippen LogP contribution in [0, 0.1) is 13.8 Å². The van der Waals surface area contributed by atoms with Crippen molar-refractivity contribution < 1.29 is 4.11 Å². The molecule has 3 aliphatic rings. The van der Waals surface area contributed by atoms with E-state index in [-0.39, 0.29) is 20.9 Å². The van der Waals surface area contributed by atoms with Crippen LogP contribution in [0.4, 0.5) is 17.1 Å². The second-order valence-electron chi connectivity index (χ2n) is 18.6. The number of benzene rings is 10. The smallest absolute Gasteiger partial charge is 0.388 e. The Hall–Kier alpha value is -7.51. The molecule has 0 atom stereocenters. The molecule has 0 bridgehead atoms. The normalized spacial score (nSPS) is 15.3. The first-order valence-corrected chi connectivity index (χ1v) is 26.0. The van der Waals surface area contributed by atoms with Crippen LogP contribution in [0.1, 0.15) is 37.5 Å². The first-order chi connectivity index (χ1) is 36.3. The van der Waals surface area contributed by atoms with Gasteiger partial charge in [0.2, 0.25) is 0 Å². The summed E-state index contributed by atoms with van der Waals surface area (Å²) in [5, 5.41) is 0. The molecule has 13 rings (SSSR count). The molecule has 0 unspecified atom stereocenters. The lowest BCUT2D eigenvalue weighted by Crippen LogP contribution is -2.86. The van der Waals surface area contributed by atoms with E-state index < -0.39 is 12.3 Å². The third-order valence-corrected chi connectivity index (χ3v) is 17.0. The summed E-state index contributed by atoms with van der Waals surface area (Å²) < 4.78 is 35.8. The van der Waals surface area contributed by atoms with E-state index in [1.165, 1.54) is 26.5 Å². The molecule has 0 aromatic heterocycles. The number of hydrogen-bond acceptors (Lipinski definition) is 5. The van der Waals surface area contributed by atoms with Crippen molar-refractivity contribution in [3.63, 3.8) is 0 Å². The predicted molar refractivity (Wildman–Crippen MR) is 304 cm³/mol. The van der Waals surface area contributed by atoms with E-state index in [2.05, 4.69) is 270 Å². The third kappa shape index (κ3) is 7.10. The van der Waals surface area contributed by atoms with Crippen LogP contribution < -0.4 is 30.6 Å². The van der Waals surface area contributed by atoms with Gasteiger partial charge in [0, 0.05) is 40.8 Å². The summed E-state index contributed by atoms with van der Waals surface area (Å²) in [5.74, 6) is 0. The van der Waals surface area contributed by atoms with Gasteiger partial charge in [-0.25, -0.2) is 0 Å². The maximum absolute atomic E-state index is 9.35. The van der Waals surface area contributed by atoms with Gasteiger partial charge in [0.25, 0.3) is 0 Å². The van der Waals surface area contributed by atoms with E-state index >= 15 is 0 Å². The molecule has 0 amide bonds. The number of para-hydroxylation sites is 2. The minimum absolute atomic E-state index is 0.284. The van der Waals surface area contributed by atoms with Crippen molar-refractivity contribution >= 4 is 77.9 Å². The van der Waals surface area contributed by atoms with Crippen LogP contribution in [-0.4, -0.2) is 20.9 Å². The summed E-state index contributed by atoms with van der Waals surface area (Å²) in [4.78, 5) is 4.47. The van der Waals surface area contributed by atoms with Crippen molar-refractivity contribution in [3.05, 3.63) is 288 Å². The first kappa shape index (κ1) is 40.2. The van der Waals surface area contributed by atoms with E-state index in [0.29, 0.717) is 5.56 Å². The Morgan fingerprint density at radius 1 is 0.366 bits per heavy atom. The molecule has 0 N–H and O–H groups in total. The highest BCUT2D eigenvalue weighted by Crippen LogP contribution is 2.63. The fourth-order valence-electron chi connectivity index (χ4n) is 11.7. The molecule has 1 spiro atoms. The third-order valence-electron chi connectivity index (χ3n) is 14.6. The number of anilines is 3. The minimum Gasteiger partial charge on any atom is -0.416 e. The van der Waals surface area contributed by atoms with Gasteiger partial charge in [-0.15, -0.1) is 0 Å². The van der Waals surface area contributed by atoms with E-state index in [1.54, 1.807) is 11.8 Å². The molecular weight excluding hydrogens is 895 g/mol. The number of fused-ring (bicyclic) bond motifs is 8. The Kier molecular flexibility index (Phi) is 10.2. The Morgan fingerprint density at radius 3 is 1.20 bits per heavy atom. The Balaban J connectivity index is 1.12. The fraction of sp³-hybridized carbons (Fsp3) is 0.0476. The number of hydrogen-bond donors (Lipinski definition) is 0. The van der Waals surface area contributed by atoms with Crippen molar-refractivity contribution in [3.8, 4) is 11.1 Å². The van der Waals surface area contributed by atoms with E-state index in [9.17, 15) is 4.11 Å². The van der Waals surface area contributed by atoms with Crippen LogP contribution in [-0.2, 0) is 5.41 Å². The summed E-state index contributed by atoms with van der Waals surface area (Å²) in [7, 11) is 0. The first-order valence-electron chi connectivity index (χ1n) is 25.8. The standard InChI is InChI=1S/C63H48B3N3S2/c1-45-40-42-52(44-53(45)61-46(2)41-43-57-62(61)71-60-39-23-20-36-56(60)63(57)54-34-18-21-37-58(54)70-59-38-22-19-35-55(59)63)69-65(48-26-10-4-11-27-48)67(50-30-14-6-15-31-50)64(47-24-8-3-9-25-47)68(51-32-16-7-17-33-51)66(69)49-28-12-5-13-29-49/h3-44H,1-2H3/i2D3. The fourth-order valence-corrected chi connectivity index (χ4v) is 14.2. The van der Waals surface area contributed by atoms with Crippen LogP contribution in [0.2, 0.25) is 0 Å². The lowest BCUT2D eigenvalue weighted by atomic mass is 9.37.